The average Bonchev–Trinajstić information content (AvgIpc) is 2.67. The molecule has 0 aliphatic heterocycles. The first-order chi connectivity index (χ1) is 12.5. The van der Waals surface area contributed by atoms with E-state index in [-0.39, 0.29) is 0 Å². The van der Waals surface area contributed by atoms with Crippen LogP contribution in [0.5, 0.6) is 17.2 Å². The predicted octanol–water partition coefficient (Wildman–Crippen LogP) is 2.53. The molecule has 2 amide bonds. The Morgan fingerprint density at radius 2 is 1.62 bits per heavy atom. The molecule has 7 heteroatoms. The van der Waals surface area contributed by atoms with Crippen molar-refractivity contribution in [2.75, 3.05) is 26.6 Å². The van der Waals surface area contributed by atoms with E-state index >= 15 is 0 Å². The molecule has 0 fully saturated rings. The molecule has 0 heterocycles. The van der Waals surface area contributed by atoms with Crippen molar-refractivity contribution in [2.24, 2.45) is 0 Å². The van der Waals surface area contributed by atoms with Crippen LogP contribution >= 0.6 is 0 Å². The Kier molecular flexibility index (Phi) is 6.43. The van der Waals surface area contributed by atoms with Crippen LogP contribution in [0.1, 0.15) is 18.5 Å². The summed E-state index contributed by atoms with van der Waals surface area (Å²) < 4.78 is 15.5. The summed E-state index contributed by atoms with van der Waals surface area (Å²) in [6, 6.07) is 11.7. The minimum Gasteiger partial charge on any atom is -0.497 e. The summed E-state index contributed by atoms with van der Waals surface area (Å²) in [6.45, 7) is 1.78. The first-order valence-electron chi connectivity index (χ1n) is 7.96. The molecule has 138 valence electrons. The second-order valence-corrected chi connectivity index (χ2v) is 5.50. The second kappa shape index (κ2) is 8.75. The first kappa shape index (κ1) is 19.1. The number of methoxy groups -OCH3 is 3. The Morgan fingerprint density at radius 1 is 0.885 bits per heavy atom. The molecular formula is C19H22N2O5. The zero-order valence-corrected chi connectivity index (χ0v) is 15.2. The van der Waals surface area contributed by atoms with Crippen molar-refractivity contribution < 1.29 is 23.8 Å². The maximum atomic E-state index is 12.2. The summed E-state index contributed by atoms with van der Waals surface area (Å²) in [7, 11) is 4.61. The lowest BCUT2D eigenvalue weighted by Gasteiger charge is -2.16. The Labute approximate surface area is 152 Å². The van der Waals surface area contributed by atoms with E-state index in [1.807, 2.05) is 0 Å². The van der Waals surface area contributed by atoms with Crippen LogP contribution in [0.2, 0.25) is 0 Å². The molecule has 0 spiro atoms. The van der Waals surface area contributed by atoms with E-state index in [0.29, 0.717) is 22.9 Å². The van der Waals surface area contributed by atoms with Gasteiger partial charge in [0.15, 0.2) is 11.5 Å². The number of anilines is 1. The number of hydrogen-bond acceptors (Lipinski definition) is 5. The van der Waals surface area contributed by atoms with E-state index in [4.69, 9.17) is 14.2 Å². The largest absolute Gasteiger partial charge is 0.497 e. The fraction of sp³-hybridized carbons (Fsp3) is 0.263. The normalized spacial score (nSPS) is 11.2. The van der Waals surface area contributed by atoms with Crippen molar-refractivity contribution in [3.8, 4) is 17.2 Å². The van der Waals surface area contributed by atoms with Crippen LogP contribution in [0.3, 0.4) is 0 Å². The van der Waals surface area contributed by atoms with E-state index in [0.717, 1.165) is 5.56 Å². The molecule has 2 aromatic carbocycles. The molecule has 0 aromatic heterocycles. The molecule has 0 saturated carbocycles. The highest BCUT2D eigenvalue weighted by molar-refractivity contribution is 6.39. The Bertz CT molecular complexity index is 791. The molecule has 2 N–H and O–H groups in total. The highest BCUT2D eigenvalue weighted by Gasteiger charge is 2.18. The first-order valence-corrected chi connectivity index (χ1v) is 7.96. The lowest BCUT2D eigenvalue weighted by molar-refractivity contribution is -0.136. The zero-order valence-electron chi connectivity index (χ0n) is 15.2. The van der Waals surface area contributed by atoms with Crippen molar-refractivity contribution >= 4 is 17.5 Å². The summed E-state index contributed by atoms with van der Waals surface area (Å²) >= 11 is 0. The van der Waals surface area contributed by atoms with Crippen LogP contribution in [-0.4, -0.2) is 33.1 Å². The van der Waals surface area contributed by atoms with E-state index in [1.54, 1.807) is 56.5 Å². The van der Waals surface area contributed by atoms with Gasteiger partial charge in [0.05, 0.1) is 27.4 Å². The quantitative estimate of drug-likeness (QED) is 0.775. The van der Waals surface area contributed by atoms with Crippen LogP contribution in [0, 0.1) is 0 Å². The fourth-order valence-electron chi connectivity index (χ4n) is 2.36. The fourth-order valence-corrected chi connectivity index (χ4v) is 2.36. The van der Waals surface area contributed by atoms with Gasteiger partial charge in [-0.3, -0.25) is 9.59 Å². The van der Waals surface area contributed by atoms with E-state index in [9.17, 15) is 9.59 Å². The van der Waals surface area contributed by atoms with Crippen LogP contribution in [0.15, 0.2) is 42.5 Å². The predicted molar refractivity (Wildman–Crippen MR) is 97.7 cm³/mol. The molecule has 0 radical (unpaired) electrons. The van der Waals surface area contributed by atoms with Gasteiger partial charge >= 0.3 is 11.8 Å². The number of amides is 2. The molecule has 0 aliphatic carbocycles. The minimum atomic E-state index is -0.759. The van der Waals surface area contributed by atoms with Gasteiger partial charge < -0.3 is 24.8 Å². The van der Waals surface area contributed by atoms with Gasteiger partial charge in [0.2, 0.25) is 0 Å². The highest BCUT2D eigenvalue weighted by atomic mass is 16.5. The summed E-state index contributed by atoms with van der Waals surface area (Å²) in [6.07, 6.45) is 0. The molecule has 1 atom stereocenters. The van der Waals surface area contributed by atoms with Gasteiger partial charge in [-0.05, 0) is 36.8 Å². The Hall–Kier alpha value is -3.22. The summed E-state index contributed by atoms with van der Waals surface area (Å²) in [4.78, 5) is 24.2. The highest BCUT2D eigenvalue weighted by Crippen LogP contribution is 2.29. The lowest BCUT2D eigenvalue weighted by Crippen LogP contribution is -2.36. The number of carbonyl (C=O) groups is 2. The minimum absolute atomic E-state index is 0.390. The molecule has 1 unspecified atom stereocenters. The average molecular weight is 358 g/mol. The summed E-state index contributed by atoms with van der Waals surface area (Å²) in [5, 5.41) is 5.19. The van der Waals surface area contributed by atoms with Gasteiger partial charge in [0.25, 0.3) is 0 Å². The third kappa shape index (κ3) is 4.66. The van der Waals surface area contributed by atoms with Gasteiger partial charge in [-0.1, -0.05) is 12.1 Å². The Balaban J connectivity index is 2.02. The Morgan fingerprint density at radius 3 is 2.27 bits per heavy atom. The maximum Gasteiger partial charge on any atom is 0.313 e. The van der Waals surface area contributed by atoms with Crippen LogP contribution in [0.25, 0.3) is 0 Å². The van der Waals surface area contributed by atoms with E-state index in [1.165, 1.54) is 14.2 Å². The van der Waals surface area contributed by atoms with Crippen LogP contribution < -0.4 is 24.8 Å². The SMILES string of the molecule is COc1cccc(NC(=O)C(=O)NC(C)c2ccc(OC)c(OC)c2)c1. The molecule has 7 nitrogen and oxygen atoms in total. The lowest BCUT2D eigenvalue weighted by atomic mass is 10.1. The summed E-state index contributed by atoms with van der Waals surface area (Å²) in [5.74, 6) is 0.222. The van der Waals surface area contributed by atoms with Crippen LogP contribution in [0.4, 0.5) is 5.69 Å². The molecule has 0 saturated heterocycles. The number of carbonyl (C=O) groups excluding carboxylic acids is 2. The maximum absolute atomic E-state index is 12.2. The smallest absolute Gasteiger partial charge is 0.313 e. The molecule has 2 aromatic rings. The van der Waals surface area contributed by atoms with Crippen molar-refractivity contribution in [2.45, 2.75) is 13.0 Å². The molecule has 26 heavy (non-hydrogen) atoms. The third-order valence-corrected chi connectivity index (χ3v) is 3.79. The van der Waals surface area contributed by atoms with Crippen molar-refractivity contribution in [1.29, 1.82) is 0 Å². The van der Waals surface area contributed by atoms with Crippen LogP contribution in [-0.2, 0) is 9.59 Å². The number of ether oxygens (including phenoxy) is 3. The molecular weight excluding hydrogens is 336 g/mol. The molecule has 2 rings (SSSR count). The molecule has 0 aliphatic rings. The zero-order chi connectivity index (χ0) is 19.1. The monoisotopic (exact) mass is 358 g/mol. The van der Waals surface area contributed by atoms with Crippen molar-refractivity contribution in [3.63, 3.8) is 0 Å². The van der Waals surface area contributed by atoms with Crippen molar-refractivity contribution in [1.82, 2.24) is 5.32 Å². The van der Waals surface area contributed by atoms with E-state index in [2.05, 4.69) is 10.6 Å². The number of rotatable bonds is 6. The third-order valence-electron chi connectivity index (χ3n) is 3.79. The standard InChI is InChI=1S/C19H22N2O5/c1-12(13-8-9-16(25-3)17(10-13)26-4)20-18(22)19(23)21-14-6-5-7-15(11-14)24-2/h5-12H,1-4H3,(H,20,22)(H,21,23). The number of nitrogens with one attached hydrogen (secondary N) is 2. The summed E-state index contributed by atoms with van der Waals surface area (Å²) in [5.41, 5.74) is 1.26. The van der Waals surface area contributed by atoms with Gasteiger partial charge in [-0.25, -0.2) is 0 Å². The van der Waals surface area contributed by atoms with E-state index < -0.39 is 17.9 Å². The second-order valence-electron chi connectivity index (χ2n) is 5.50. The number of benzene rings is 2. The molecule has 0 bridgehead atoms. The number of hydrogen-bond donors (Lipinski definition) is 2. The van der Waals surface area contributed by atoms with Gasteiger partial charge in [-0.2, -0.15) is 0 Å². The van der Waals surface area contributed by atoms with Gasteiger partial charge in [0, 0.05) is 11.8 Å². The van der Waals surface area contributed by atoms with Crippen molar-refractivity contribution in [3.05, 3.63) is 48.0 Å². The topological polar surface area (TPSA) is 85.9 Å². The van der Waals surface area contributed by atoms with Gasteiger partial charge in [0.1, 0.15) is 5.75 Å². The van der Waals surface area contributed by atoms with Gasteiger partial charge in [-0.15, -0.1) is 0 Å².